The van der Waals surface area contributed by atoms with Crippen molar-refractivity contribution in [1.82, 2.24) is 14.5 Å². The second-order valence-corrected chi connectivity index (χ2v) is 8.50. The number of nitrogens with zero attached hydrogens (tertiary/aromatic N) is 2. The number of aromatic nitrogens is 2. The molecule has 0 radical (unpaired) electrons. The van der Waals surface area contributed by atoms with Crippen molar-refractivity contribution in [2.45, 2.75) is 18.4 Å². The largest absolute Gasteiger partial charge is 0.465 e. The van der Waals surface area contributed by atoms with Crippen molar-refractivity contribution in [2.24, 2.45) is 0 Å². The molecule has 27 heavy (non-hydrogen) atoms. The molecule has 3 aromatic rings. The van der Waals surface area contributed by atoms with E-state index in [0.29, 0.717) is 12.1 Å². The lowest BCUT2D eigenvalue weighted by molar-refractivity contribution is 0.0600. The fourth-order valence-electron chi connectivity index (χ4n) is 2.54. The van der Waals surface area contributed by atoms with Gasteiger partial charge >= 0.3 is 5.97 Å². The first-order chi connectivity index (χ1) is 12.9. The van der Waals surface area contributed by atoms with Crippen LogP contribution < -0.4 is 4.72 Å². The molecule has 0 unspecified atom stereocenters. The lowest BCUT2D eigenvalue weighted by Gasteiger charge is -2.08. The van der Waals surface area contributed by atoms with Crippen LogP contribution in [-0.2, 0) is 21.3 Å². The third-order valence-corrected chi connectivity index (χ3v) is 6.33. The number of hydrogen-bond donors (Lipinski definition) is 1. The van der Waals surface area contributed by atoms with Crippen LogP contribution >= 0.6 is 11.3 Å². The van der Waals surface area contributed by atoms with Crippen LogP contribution in [0.4, 0.5) is 0 Å². The minimum atomic E-state index is -3.67. The summed E-state index contributed by atoms with van der Waals surface area (Å²) >= 11 is 1.61. The Morgan fingerprint density at radius 3 is 2.63 bits per heavy atom. The van der Waals surface area contributed by atoms with E-state index >= 15 is 0 Å². The molecule has 0 saturated heterocycles. The van der Waals surface area contributed by atoms with Crippen molar-refractivity contribution in [1.29, 1.82) is 0 Å². The Kier molecular flexibility index (Phi) is 5.73. The number of methoxy groups -OCH3 is 1. The van der Waals surface area contributed by atoms with E-state index < -0.39 is 16.0 Å². The molecule has 1 N–H and O–H groups in total. The quantitative estimate of drug-likeness (QED) is 0.611. The zero-order valence-corrected chi connectivity index (χ0v) is 16.5. The number of carbonyl (C=O) groups is 1. The molecule has 0 amide bonds. The van der Waals surface area contributed by atoms with Crippen molar-refractivity contribution in [3.63, 3.8) is 0 Å². The second-order valence-electron chi connectivity index (χ2n) is 5.79. The smallest absolute Gasteiger partial charge is 0.337 e. The first-order valence-electron chi connectivity index (χ1n) is 8.17. The van der Waals surface area contributed by atoms with Crippen LogP contribution in [0.3, 0.4) is 0 Å². The molecule has 7 nitrogen and oxygen atoms in total. The third-order valence-electron chi connectivity index (χ3n) is 3.96. The number of ether oxygens (including phenoxy) is 1. The number of hydrogen-bond acceptors (Lipinski definition) is 6. The van der Waals surface area contributed by atoms with Crippen molar-refractivity contribution >= 4 is 27.3 Å². The maximum atomic E-state index is 12.4. The Balaban J connectivity index is 1.63. The van der Waals surface area contributed by atoms with Crippen molar-refractivity contribution in [3.8, 4) is 10.6 Å². The SMILES string of the molecule is COC(=O)c1ccc(S(=O)(=O)NCCn2nc(-c3cccs3)cc2C)cc1. The first-order valence-corrected chi connectivity index (χ1v) is 10.5. The summed E-state index contributed by atoms with van der Waals surface area (Å²) in [5.74, 6) is -0.511. The highest BCUT2D eigenvalue weighted by molar-refractivity contribution is 7.89. The van der Waals surface area contributed by atoms with Crippen LogP contribution in [0.1, 0.15) is 16.1 Å². The van der Waals surface area contributed by atoms with E-state index in [-0.39, 0.29) is 11.4 Å². The average Bonchev–Trinajstić information content (AvgIpc) is 3.31. The van der Waals surface area contributed by atoms with Gasteiger partial charge in [0.2, 0.25) is 10.0 Å². The summed E-state index contributed by atoms with van der Waals surface area (Å²) in [4.78, 5) is 12.6. The number of benzene rings is 1. The Bertz CT molecular complexity index is 1020. The van der Waals surface area contributed by atoms with Crippen LogP contribution in [-0.4, -0.2) is 37.8 Å². The number of sulfonamides is 1. The summed E-state index contributed by atoms with van der Waals surface area (Å²) in [7, 11) is -2.40. The molecule has 0 atom stereocenters. The lowest BCUT2D eigenvalue weighted by atomic mass is 10.2. The number of carbonyl (C=O) groups excluding carboxylic acids is 1. The summed E-state index contributed by atoms with van der Waals surface area (Å²) < 4.78 is 33.7. The second kappa shape index (κ2) is 8.03. The topological polar surface area (TPSA) is 90.3 Å². The van der Waals surface area contributed by atoms with Gasteiger partial charge in [0.25, 0.3) is 0 Å². The minimum Gasteiger partial charge on any atom is -0.465 e. The molecule has 3 rings (SSSR count). The number of aryl methyl sites for hydroxylation is 1. The van der Waals surface area contributed by atoms with Crippen LogP contribution in [0.2, 0.25) is 0 Å². The molecule has 9 heteroatoms. The highest BCUT2D eigenvalue weighted by Gasteiger charge is 2.15. The number of esters is 1. The van der Waals surface area contributed by atoms with Gasteiger partial charge in [0.1, 0.15) is 5.69 Å². The molecule has 0 aliphatic heterocycles. The van der Waals surface area contributed by atoms with Gasteiger partial charge in [-0.05, 0) is 48.7 Å². The van der Waals surface area contributed by atoms with Gasteiger partial charge in [-0.1, -0.05) is 6.07 Å². The maximum Gasteiger partial charge on any atom is 0.337 e. The van der Waals surface area contributed by atoms with Gasteiger partial charge in [-0.3, -0.25) is 4.68 Å². The Morgan fingerprint density at radius 1 is 1.26 bits per heavy atom. The van der Waals surface area contributed by atoms with E-state index in [1.54, 1.807) is 16.0 Å². The summed E-state index contributed by atoms with van der Waals surface area (Å²) in [5, 5.41) is 6.52. The molecule has 0 bridgehead atoms. The summed E-state index contributed by atoms with van der Waals surface area (Å²) in [6.07, 6.45) is 0. The molecule has 0 fully saturated rings. The average molecular weight is 406 g/mol. The molecule has 0 saturated carbocycles. The predicted octanol–water partition coefficient (Wildman–Crippen LogP) is 2.69. The summed E-state index contributed by atoms with van der Waals surface area (Å²) in [6.45, 7) is 2.55. The van der Waals surface area contributed by atoms with Gasteiger partial charge < -0.3 is 4.74 Å². The standard InChI is InChI=1S/C18H19N3O4S2/c1-13-12-16(17-4-3-11-26-17)20-21(13)10-9-19-27(23,24)15-7-5-14(6-8-15)18(22)25-2/h3-8,11-12,19H,9-10H2,1-2H3. The maximum absolute atomic E-state index is 12.4. The van der Waals surface area contributed by atoms with Gasteiger partial charge in [-0.25, -0.2) is 17.9 Å². The molecule has 0 spiro atoms. The third kappa shape index (κ3) is 4.44. The molecular weight excluding hydrogens is 386 g/mol. The highest BCUT2D eigenvalue weighted by atomic mass is 32.2. The van der Waals surface area contributed by atoms with Crippen LogP contribution in [0.5, 0.6) is 0 Å². The Hall–Kier alpha value is -2.49. The number of thiophene rings is 1. The number of rotatable bonds is 7. The van der Waals surface area contributed by atoms with Crippen molar-refractivity contribution in [2.75, 3.05) is 13.7 Å². The van der Waals surface area contributed by atoms with E-state index in [4.69, 9.17) is 0 Å². The lowest BCUT2D eigenvalue weighted by Crippen LogP contribution is -2.28. The fourth-order valence-corrected chi connectivity index (χ4v) is 4.24. The monoisotopic (exact) mass is 405 g/mol. The van der Waals surface area contributed by atoms with Crippen molar-refractivity contribution in [3.05, 3.63) is 59.1 Å². The molecule has 2 heterocycles. The van der Waals surface area contributed by atoms with Gasteiger partial charge in [-0.2, -0.15) is 5.10 Å². The fraction of sp³-hybridized carbons (Fsp3) is 0.222. The minimum absolute atomic E-state index is 0.0895. The Labute approximate surface area is 161 Å². The van der Waals surface area contributed by atoms with Crippen LogP contribution in [0.15, 0.2) is 52.7 Å². The summed E-state index contributed by atoms with van der Waals surface area (Å²) in [5.41, 5.74) is 2.13. The van der Waals surface area contributed by atoms with E-state index in [9.17, 15) is 13.2 Å². The number of nitrogens with one attached hydrogen (secondary N) is 1. The van der Waals surface area contributed by atoms with Gasteiger partial charge in [0.15, 0.2) is 0 Å². The zero-order chi connectivity index (χ0) is 19.4. The summed E-state index contributed by atoms with van der Waals surface area (Å²) in [6, 6.07) is 11.5. The normalized spacial score (nSPS) is 11.5. The molecule has 0 aliphatic rings. The van der Waals surface area contributed by atoms with Crippen molar-refractivity contribution < 1.29 is 17.9 Å². The molecular formula is C18H19N3O4S2. The van der Waals surface area contributed by atoms with Gasteiger partial charge in [0.05, 0.1) is 29.0 Å². The highest BCUT2D eigenvalue weighted by Crippen LogP contribution is 2.23. The van der Waals surface area contributed by atoms with E-state index in [1.807, 2.05) is 30.5 Å². The Morgan fingerprint density at radius 2 is 2.00 bits per heavy atom. The van der Waals surface area contributed by atoms with Gasteiger partial charge in [-0.15, -0.1) is 11.3 Å². The van der Waals surface area contributed by atoms with E-state index in [2.05, 4.69) is 14.6 Å². The molecule has 1 aromatic carbocycles. The molecule has 2 aromatic heterocycles. The van der Waals surface area contributed by atoms with Gasteiger partial charge in [0, 0.05) is 12.2 Å². The van der Waals surface area contributed by atoms with Crippen LogP contribution in [0, 0.1) is 6.92 Å². The van der Waals surface area contributed by atoms with E-state index in [0.717, 1.165) is 16.3 Å². The van der Waals surface area contributed by atoms with E-state index in [1.165, 1.54) is 31.4 Å². The first kappa shape index (κ1) is 19.3. The predicted molar refractivity (Wildman–Crippen MR) is 103 cm³/mol. The molecule has 0 aliphatic carbocycles. The molecule has 142 valence electrons. The van der Waals surface area contributed by atoms with Crippen LogP contribution in [0.25, 0.3) is 10.6 Å². The zero-order valence-electron chi connectivity index (χ0n) is 14.9.